The molecule has 0 fully saturated rings. The lowest BCUT2D eigenvalue weighted by Crippen LogP contribution is -2.25. The van der Waals surface area contributed by atoms with Crippen LogP contribution in [0.15, 0.2) is 24.3 Å². The second kappa shape index (κ2) is 7.00. The molecule has 2 unspecified atom stereocenters. The Balaban J connectivity index is 2.48. The number of hydrogen-bond acceptors (Lipinski definition) is 2. The van der Waals surface area contributed by atoms with Gasteiger partial charge in [-0.15, -0.1) is 0 Å². The van der Waals surface area contributed by atoms with Gasteiger partial charge in [0.05, 0.1) is 0 Å². The van der Waals surface area contributed by atoms with E-state index in [4.69, 9.17) is 17.3 Å². The van der Waals surface area contributed by atoms with E-state index in [9.17, 15) is 0 Å². The molecule has 0 bridgehead atoms. The Hall–Kier alpha value is -0.570. The van der Waals surface area contributed by atoms with Crippen LogP contribution in [0.4, 0.5) is 0 Å². The maximum atomic E-state index is 6.00. The first kappa shape index (κ1) is 14.5. The van der Waals surface area contributed by atoms with Crippen molar-refractivity contribution in [3.05, 3.63) is 34.9 Å². The molecule has 17 heavy (non-hydrogen) atoms. The summed E-state index contributed by atoms with van der Waals surface area (Å²) in [4.78, 5) is 2.34. The van der Waals surface area contributed by atoms with Crippen LogP contribution in [0.5, 0.6) is 0 Å². The van der Waals surface area contributed by atoms with Crippen molar-refractivity contribution in [1.29, 1.82) is 0 Å². The molecule has 0 aliphatic rings. The highest BCUT2D eigenvalue weighted by Crippen LogP contribution is 2.22. The zero-order valence-corrected chi connectivity index (χ0v) is 11.7. The van der Waals surface area contributed by atoms with Crippen molar-refractivity contribution in [2.24, 2.45) is 5.73 Å². The Labute approximate surface area is 110 Å². The summed E-state index contributed by atoms with van der Waals surface area (Å²) in [5.41, 5.74) is 7.01. The SMILES string of the molecule is CC(N)CCCN(C)C(C)c1cccc(Cl)c1. The Morgan fingerprint density at radius 3 is 2.65 bits per heavy atom. The summed E-state index contributed by atoms with van der Waals surface area (Å²) in [5, 5.41) is 0.804. The summed E-state index contributed by atoms with van der Waals surface area (Å²) >= 11 is 6.00. The molecule has 1 aromatic rings. The second-order valence-electron chi connectivity index (χ2n) is 4.83. The molecule has 0 aromatic heterocycles. The smallest absolute Gasteiger partial charge is 0.0409 e. The molecule has 0 amide bonds. The quantitative estimate of drug-likeness (QED) is 0.843. The monoisotopic (exact) mass is 254 g/mol. The van der Waals surface area contributed by atoms with Crippen LogP contribution in [0.2, 0.25) is 5.02 Å². The van der Waals surface area contributed by atoms with Crippen LogP contribution >= 0.6 is 11.6 Å². The summed E-state index contributed by atoms with van der Waals surface area (Å²) in [5.74, 6) is 0. The Bertz CT molecular complexity index is 339. The largest absolute Gasteiger partial charge is 0.328 e. The third-order valence-electron chi connectivity index (χ3n) is 3.16. The molecular weight excluding hydrogens is 232 g/mol. The summed E-state index contributed by atoms with van der Waals surface area (Å²) < 4.78 is 0. The first-order valence-electron chi connectivity index (χ1n) is 6.22. The van der Waals surface area contributed by atoms with Crippen molar-refractivity contribution in [2.75, 3.05) is 13.6 Å². The predicted octanol–water partition coefficient (Wildman–Crippen LogP) is 3.46. The molecule has 0 aliphatic heterocycles. The van der Waals surface area contributed by atoms with E-state index in [1.165, 1.54) is 5.56 Å². The van der Waals surface area contributed by atoms with Gasteiger partial charge in [-0.1, -0.05) is 23.7 Å². The topological polar surface area (TPSA) is 29.3 Å². The van der Waals surface area contributed by atoms with Gasteiger partial charge in [0.15, 0.2) is 0 Å². The molecule has 2 N–H and O–H groups in total. The van der Waals surface area contributed by atoms with E-state index in [0.717, 1.165) is 24.4 Å². The molecule has 2 nitrogen and oxygen atoms in total. The molecule has 0 saturated heterocycles. The molecule has 0 spiro atoms. The second-order valence-corrected chi connectivity index (χ2v) is 5.27. The minimum Gasteiger partial charge on any atom is -0.328 e. The van der Waals surface area contributed by atoms with Crippen molar-refractivity contribution in [3.8, 4) is 0 Å². The van der Waals surface area contributed by atoms with Gasteiger partial charge in [0, 0.05) is 17.1 Å². The minimum absolute atomic E-state index is 0.296. The Morgan fingerprint density at radius 2 is 2.06 bits per heavy atom. The van der Waals surface area contributed by atoms with Gasteiger partial charge in [-0.05, 0) is 58.0 Å². The van der Waals surface area contributed by atoms with E-state index in [2.05, 4.69) is 31.9 Å². The van der Waals surface area contributed by atoms with Crippen LogP contribution in [0, 0.1) is 0 Å². The summed E-state index contributed by atoms with van der Waals surface area (Å²) in [6.45, 7) is 5.33. The van der Waals surface area contributed by atoms with Gasteiger partial charge in [-0.3, -0.25) is 4.90 Å². The molecule has 3 heteroatoms. The lowest BCUT2D eigenvalue weighted by atomic mass is 10.1. The van der Waals surface area contributed by atoms with E-state index in [0.29, 0.717) is 12.1 Å². The third-order valence-corrected chi connectivity index (χ3v) is 3.40. The van der Waals surface area contributed by atoms with Crippen LogP contribution in [0.25, 0.3) is 0 Å². The summed E-state index contributed by atoms with van der Waals surface area (Å²) in [6, 6.07) is 8.76. The van der Waals surface area contributed by atoms with Gasteiger partial charge < -0.3 is 5.73 Å². The van der Waals surface area contributed by atoms with Crippen molar-refractivity contribution < 1.29 is 0 Å². The number of hydrogen-bond donors (Lipinski definition) is 1. The van der Waals surface area contributed by atoms with Crippen molar-refractivity contribution in [3.63, 3.8) is 0 Å². The zero-order valence-electron chi connectivity index (χ0n) is 11.0. The maximum absolute atomic E-state index is 6.00. The fourth-order valence-corrected chi connectivity index (χ4v) is 2.08. The van der Waals surface area contributed by atoms with E-state index >= 15 is 0 Å². The molecule has 1 rings (SSSR count). The minimum atomic E-state index is 0.296. The van der Waals surface area contributed by atoms with Crippen molar-refractivity contribution in [1.82, 2.24) is 4.90 Å². The van der Waals surface area contributed by atoms with E-state index in [1.54, 1.807) is 0 Å². The highest BCUT2D eigenvalue weighted by molar-refractivity contribution is 6.30. The normalized spacial score (nSPS) is 14.9. The number of nitrogens with zero attached hydrogens (tertiary/aromatic N) is 1. The van der Waals surface area contributed by atoms with Crippen LogP contribution in [-0.2, 0) is 0 Å². The van der Waals surface area contributed by atoms with Gasteiger partial charge in [0.25, 0.3) is 0 Å². The van der Waals surface area contributed by atoms with E-state index in [-0.39, 0.29) is 0 Å². The van der Waals surface area contributed by atoms with Crippen molar-refractivity contribution >= 4 is 11.6 Å². The molecule has 0 saturated carbocycles. The molecule has 96 valence electrons. The number of benzene rings is 1. The maximum Gasteiger partial charge on any atom is 0.0409 e. The predicted molar refractivity (Wildman–Crippen MR) is 75.4 cm³/mol. The van der Waals surface area contributed by atoms with Gasteiger partial charge >= 0.3 is 0 Å². The molecule has 2 atom stereocenters. The van der Waals surface area contributed by atoms with E-state index < -0.39 is 0 Å². The summed E-state index contributed by atoms with van der Waals surface area (Å²) in [7, 11) is 2.15. The number of nitrogens with two attached hydrogens (primary N) is 1. The number of halogens is 1. The lowest BCUT2D eigenvalue weighted by Gasteiger charge is -2.25. The van der Waals surface area contributed by atoms with Crippen molar-refractivity contribution in [2.45, 2.75) is 38.8 Å². The average Bonchev–Trinajstić information content (AvgIpc) is 2.27. The van der Waals surface area contributed by atoms with Crippen LogP contribution < -0.4 is 5.73 Å². The third kappa shape index (κ3) is 5.07. The number of rotatable bonds is 6. The zero-order chi connectivity index (χ0) is 12.8. The standard InChI is InChI=1S/C14H23ClN2/c1-11(16)6-5-9-17(3)12(2)13-7-4-8-14(15)10-13/h4,7-8,10-12H,5-6,9,16H2,1-3H3. The average molecular weight is 255 g/mol. The molecule has 0 heterocycles. The van der Waals surface area contributed by atoms with Crippen LogP contribution in [0.1, 0.15) is 38.3 Å². The first-order chi connectivity index (χ1) is 8.00. The van der Waals surface area contributed by atoms with Gasteiger partial charge in [-0.25, -0.2) is 0 Å². The van der Waals surface area contributed by atoms with Gasteiger partial charge in [0.2, 0.25) is 0 Å². The Kier molecular flexibility index (Phi) is 5.96. The lowest BCUT2D eigenvalue weighted by molar-refractivity contribution is 0.254. The molecule has 0 radical (unpaired) electrons. The van der Waals surface area contributed by atoms with Gasteiger partial charge in [-0.2, -0.15) is 0 Å². The van der Waals surface area contributed by atoms with Crippen LogP contribution in [0.3, 0.4) is 0 Å². The van der Waals surface area contributed by atoms with Crippen LogP contribution in [-0.4, -0.2) is 24.5 Å². The Morgan fingerprint density at radius 1 is 1.35 bits per heavy atom. The fraction of sp³-hybridized carbons (Fsp3) is 0.571. The molecule has 0 aliphatic carbocycles. The highest BCUT2D eigenvalue weighted by Gasteiger charge is 2.11. The van der Waals surface area contributed by atoms with E-state index in [1.807, 2.05) is 18.2 Å². The first-order valence-corrected chi connectivity index (χ1v) is 6.59. The fourth-order valence-electron chi connectivity index (χ4n) is 1.88. The molecule has 1 aromatic carbocycles. The van der Waals surface area contributed by atoms with Gasteiger partial charge in [0.1, 0.15) is 0 Å². The highest BCUT2D eigenvalue weighted by atomic mass is 35.5. The summed E-state index contributed by atoms with van der Waals surface area (Å²) in [6.07, 6.45) is 2.21. The molecular formula is C14H23ClN2.